The van der Waals surface area contributed by atoms with Crippen LogP contribution in [-0.4, -0.2) is 77.1 Å². The van der Waals surface area contributed by atoms with Gasteiger partial charge in [-0.15, -0.1) is 0 Å². The number of carbonyl (C=O) groups is 3. The van der Waals surface area contributed by atoms with Gasteiger partial charge in [0.2, 0.25) is 5.91 Å². The second kappa shape index (κ2) is 13.8. The van der Waals surface area contributed by atoms with Crippen LogP contribution in [0, 0.1) is 0 Å². The molecule has 13 heteroatoms. The third kappa shape index (κ3) is 7.51. The van der Waals surface area contributed by atoms with E-state index in [1.165, 1.54) is 16.7 Å². The Hall–Kier alpha value is -3.10. The number of aromatic nitrogens is 2. The van der Waals surface area contributed by atoms with Gasteiger partial charge in [0.25, 0.3) is 11.1 Å². The number of carbonyl (C=O) groups excluding carboxylic acids is 3. The molecule has 0 spiro atoms. The van der Waals surface area contributed by atoms with Gasteiger partial charge in [0.05, 0.1) is 42.4 Å². The number of thioether (sulfide) groups is 1. The summed E-state index contributed by atoms with van der Waals surface area (Å²) < 4.78 is 18.4. The maximum atomic E-state index is 12.7. The molecule has 0 aliphatic carbocycles. The van der Waals surface area contributed by atoms with Gasteiger partial charge in [-0.1, -0.05) is 12.1 Å². The quantitative estimate of drug-likeness (QED) is 0.218. The highest BCUT2D eigenvalue weighted by atomic mass is 32.2. The fourth-order valence-electron chi connectivity index (χ4n) is 3.76. The summed E-state index contributed by atoms with van der Waals surface area (Å²) in [6.07, 6.45) is 1.57. The monoisotopic (exact) mass is 573 g/mol. The van der Waals surface area contributed by atoms with E-state index >= 15 is 0 Å². The van der Waals surface area contributed by atoms with Crippen molar-refractivity contribution in [2.75, 3.05) is 39.5 Å². The van der Waals surface area contributed by atoms with Gasteiger partial charge >= 0.3 is 0 Å². The van der Waals surface area contributed by atoms with Crippen molar-refractivity contribution < 1.29 is 28.3 Å². The number of ether oxygens (including phenoxy) is 2. The Balaban J connectivity index is 1.39. The average molecular weight is 574 g/mol. The zero-order valence-electron chi connectivity index (χ0n) is 21.8. The van der Waals surface area contributed by atoms with E-state index in [1.54, 1.807) is 32.1 Å². The van der Waals surface area contributed by atoms with Gasteiger partial charge in [-0.25, -0.2) is 4.98 Å². The van der Waals surface area contributed by atoms with Crippen molar-refractivity contribution in [2.24, 2.45) is 5.73 Å². The number of benzene rings is 1. The Morgan fingerprint density at radius 2 is 1.92 bits per heavy atom. The zero-order chi connectivity index (χ0) is 27.8. The SMILES string of the molecule is CC(C)N1C(=O)SC(=Cc2ccc(Sc3nc4ccccc4n3CC(=O)NCCOCCOCCN)o2)C1=O. The van der Waals surface area contributed by atoms with Crippen molar-refractivity contribution in [3.8, 4) is 0 Å². The van der Waals surface area contributed by atoms with Crippen molar-refractivity contribution in [3.05, 3.63) is 47.1 Å². The minimum atomic E-state index is -0.330. The van der Waals surface area contributed by atoms with Crippen molar-refractivity contribution in [3.63, 3.8) is 0 Å². The third-order valence-electron chi connectivity index (χ3n) is 5.53. The predicted octanol–water partition coefficient (Wildman–Crippen LogP) is 3.33. The predicted molar refractivity (Wildman–Crippen MR) is 149 cm³/mol. The van der Waals surface area contributed by atoms with Gasteiger partial charge in [-0.2, -0.15) is 0 Å². The molecule has 0 atom stereocenters. The van der Waals surface area contributed by atoms with Crippen molar-refractivity contribution in [1.29, 1.82) is 0 Å². The maximum Gasteiger partial charge on any atom is 0.293 e. The van der Waals surface area contributed by atoms with Crippen LogP contribution >= 0.6 is 23.5 Å². The van der Waals surface area contributed by atoms with E-state index in [1.807, 2.05) is 28.8 Å². The van der Waals surface area contributed by atoms with Crippen LogP contribution < -0.4 is 11.1 Å². The summed E-state index contributed by atoms with van der Waals surface area (Å²) in [7, 11) is 0. The first-order valence-electron chi connectivity index (χ1n) is 12.5. The molecular weight excluding hydrogens is 542 g/mol. The lowest BCUT2D eigenvalue weighted by molar-refractivity contribution is -0.124. The summed E-state index contributed by atoms with van der Waals surface area (Å²) in [6, 6.07) is 10.8. The third-order valence-corrected chi connectivity index (χ3v) is 7.33. The molecule has 1 aliphatic rings. The van der Waals surface area contributed by atoms with E-state index in [9.17, 15) is 14.4 Å². The van der Waals surface area contributed by atoms with E-state index in [-0.39, 0.29) is 29.6 Å². The molecule has 0 unspecified atom stereocenters. The largest absolute Gasteiger partial charge is 0.450 e. The summed E-state index contributed by atoms with van der Waals surface area (Å²) >= 11 is 2.16. The fraction of sp³-hybridized carbons (Fsp3) is 0.385. The molecule has 208 valence electrons. The average Bonchev–Trinajstić information content (AvgIpc) is 3.57. The highest BCUT2D eigenvalue weighted by Crippen LogP contribution is 2.36. The molecule has 1 saturated heterocycles. The van der Waals surface area contributed by atoms with Crippen molar-refractivity contribution in [2.45, 2.75) is 36.7 Å². The standard InChI is InChI=1S/C26H31N5O6S2/c1-17(2)31-24(33)21(38-26(31)34)15-18-7-8-23(37-18)39-25-29-19-5-3-4-6-20(19)30(25)16-22(32)28-10-12-36-14-13-35-11-9-27/h3-8,15,17H,9-14,16,27H2,1-2H3,(H,28,32). The van der Waals surface area contributed by atoms with E-state index in [2.05, 4.69) is 10.3 Å². The fourth-order valence-corrected chi connectivity index (χ4v) is 5.57. The molecule has 1 aliphatic heterocycles. The molecule has 0 bridgehead atoms. The minimum absolute atomic E-state index is 0.0678. The molecule has 3 heterocycles. The van der Waals surface area contributed by atoms with E-state index in [4.69, 9.17) is 19.6 Å². The van der Waals surface area contributed by atoms with E-state index in [0.717, 1.165) is 22.8 Å². The first-order chi connectivity index (χ1) is 18.9. The molecule has 3 N–H and O–H groups in total. The molecule has 2 aromatic heterocycles. The second-order valence-corrected chi connectivity index (χ2v) is 10.7. The lowest BCUT2D eigenvalue weighted by Crippen LogP contribution is -2.34. The van der Waals surface area contributed by atoms with Crippen LogP contribution in [0.1, 0.15) is 19.6 Å². The summed E-state index contributed by atoms with van der Waals surface area (Å²) in [5, 5.41) is 3.69. The van der Waals surface area contributed by atoms with E-state index in [0.29, 0.717) is 60.4 Å². The molecule has 0 saturated carbocycles. The number of imidazole rings is 1. The van der Waals surface area contributed by atoms with Gasteiger partial charge in [0.1, 0.15) is 12.3 Å². The number of amides is 3. The van der Waals surface area contributed by atoms with E-state index < -0.39 is 0 Å². The van der Waals surface area contributed by atoms with Gasteiger partial charge in [-0.3, -0.25) is 19.3 Å². The number of hydrogen-bond donors (Lipinski definition) is 2. The van der Waals surface area contributed by atoms with Crippen LogP contribution in [0.4, 0.5) is 4.79 Å². The summed E-state index contributed by atoms with van der Waals surface area (Å²) in [5.74, 6) is -0.0617. The van der Waals surface area contributed by atoms with Crippen molar-refractivity contribution in [1.82, 2.24) is 19.8 Å². The number of nitrogens with two attached hydrogens (primary N) is 1. The molecule has 11 nitrogen and oxygen atoms in total. The second-order valence-electron chi connectivity index (χ2n) is 8.74. The van der Waals surface area contributed by atoms with Gasteiger partial charge in [0.15, 0.2) is 10.2 Å². The first kappa shape index (κ1) is 28.9. The van der Waals surface area contributed by atoms with Crippen LogP contribution in [0.2, 0.25) is 0 Å². The number of nitrogens with zero attached hydrogens (tertiary/aromatic N) is 3. The molecule has 1 aromatic carbocycles. The zero-order valence-corrected chi connectivity index (χ0v) is 23.4. The van der Waals surface area contributed by atoms with Crippen LogP contribution in [-0.2, 0) is 25.6 Å². The first-order valence-corrected chi connectivity index (χ1v) is 14.1. The van der Waals surface area contributed by atoms with Crippen LogP contribution in [0.15, 0.2) is 56.0 Å². The Labute approximate surface area is 234 Å². The Kier molecular flexibility index (Phi) is 10.2. The van der Waals surface area contributed by atoms with Crippen LogP contribution in [0.25, 0.3) is 17.1 Å². The summed E-state index contributed by atoms with van der Waals surface area (Å²) in [6.45, 7) is 6.25. The number of furan rings is 1. The molecule has 3 amide bonds. The number of rotatable bonds is 14. The number of para-hydroxylation sites is 2. The highest BCUT2D eigenvalue weighted by Gasteiger charge is 2.36. The smallest absolute Gasteiger partial charge is 0.293 e. The minimum Gasteiger partial charge on any atom is -0.450 e. The van der Waals surface area contributed by atoms with Crippen LogP contribution in [0.5, 0.6) is 0 Å². The number of nitrogens with one attached hydrogen (secondary N) is 1. The summed E-state index contributed by atoms with van der Waals surface area (Å²) in [4.78, 5) is 43.7. The number of imide groups is 1. The molecule has 3 aromatic rings. The molecule has 39 heavy (non-hydrogen) atoms. The lowest BCUT2D eigenvalue weighted by Gasteiger charge is -2.16. The maximum absolute atomic E-state index is 12.7. The number of hydrogen-bond acceptors (Lipinski definition) is 10. The van der Waals surface area contributed by atoms with Crippen molar-refractivity contribution >= 4 is 57.7 Å². The Morgan fingerprint density at radius 1 is 1.15 bits per heavy atom. The Morgan fingerprint density at radius 3 is 2.67 bits per heavy atom. The van der Waals surface area contributed by atoms with Gasteiger partial charge in [0, 0.05) is 25.2 Å². The highest BCUT2D eigenvalue weighted by molar-refractivity contribution is 8.18. The van der Waals surface area contributed by atoms with Crippen LogP contribution in [0.3, 0.4) is 0 Å². The molecule has 0 radical (unpaired) electrons. The molecule has 1 fully saturated rings. The molecule has 4 rings (SSSR count). The Bertz CT molecular complexity index is 1350. The lowest BCUT2D eigenvalue weighted by atomic mass is 10.3. The topological polar surface area (TPSA) is 142 Å². The summed E-state index contributed by atoms with van der Waals surface area (Å²) in [5.41, 5.74) is 6.94. The van der Waals surface area contributed by atoms with Gasteiger partial charge < -0.3 is 29.5 Å². The molecular formula is C26H31N5O6S2. The normalized spacial score (nSPS) is 14.9. The van der Waals surface area contributed by atoms with Gasteiger partial charge in [-0.05, 0) is 61.6 Å². The number of fused-ring (bicyclic) bond motifs is 1.